The normalized spacial score (nSPS) is 10.8. The third kappa shape index (κ3) is 2.19. The molecule has 3 rings (SSSR count). The van der Waals surface area contributed by atoms with Gasteiger partial charge in [0, 0.05) is 29.8 Å². The van der Waals surface area contributed by atoms with Crippen LogP contribution in [0.5, 0.6) is 0 Å². The van der Waals surface area contributed by atoms with Crippen LogP contribution in [0.2, 0.25) is 0 Å². The molecule has 0 aliphatic heterocycles. The second-order valence-electron chi connectivity index (χ2n) is 4.39. The maximum absolute atomic E-state index is 13.7. The van der Waals surface area contributed by atoms with E-state index in [0.29, 0.717) is 0 Å². The second-order valence-corrected chi connectivity index (χ2v) is 4.39. The van der Waals surface area contributed by atoms with Crippen LogP contribution < -0.4 is 0 Å². The van der Waals surface area contributed by atoms with Gasteiger partial charge in [-0.15, -0.1) is 0 Å². The highest BCUT2D eigenvalue weighted by molar-refractivity contribution is 5.85. The number of hydrogen-bond acceptors (Lipinski definition) is 1. The third-order valence-corrected chi connectivity index (χ3v) is 3.20. The number of nitrogens with zero attached hydrogens (tertiary/aromatic N) is 1. The Bertz CT molecular complexity index is 712. The standard InChI is InChI=1S/C16H11F2N/c17-15-5-2-6-16(18)14(15)9-11-3-1-4-12-10-19-8-7-13(11)12/h1-8,10H,9H2. The van der Waals surface area contributed by atoms with E-state index in [4.69, 9.17) is 0 Å². The lowest BCUT2D eigenvalue weighted by molar-refractivity contribution is 0.561. The van der Waals surface area contributed by atoms with E-state index in [0.717, 1.165) is 16.3 Å². The van der Waals surface area contributed by atoms with Gasteiger partial charge in [0.05, 0.1) is 0 Å². The number of aromatic nitrogens is 1. The van der Waals surface area contributed by atoms with E-state index < -0.39 is 11.6 Å². The Labute approximate surface area is 109 Å². The Morgan fingerprint density at radius 3 is 2.42 bits per heavy atom. The van der Waals surface area contributed by atoms with Gasteiger partial charge in [0.25, 0.3) is 0 Å². The van der Waals surface area contributed by atoms with Gasteiger partial charge in [-0.2, -0.15) is 0 Å². The Morgan fingerprint density at radius 1 is 0.895 bits per heavy atom. The molecule has 1 aromatic heterocycles. The monoisotopic (exact) mass is 255 g/mol. The van der Waals surface area contributed by atoms with Crippen LogP contribution in [-0.2, 0) is 6.42 Å². The zero-order valence-electron chi connectivity index (χ0n) is 10.1. The molecule has 0 atom stereocenters. The molecule has 2 aromatic carbocycles. The van der Waals surface area contributed by atoms with Gasteiger partial charge in [0.1, 0.15) is 11.6 Å². The molecule has 0 fully saturated rings. The van der Waals surface area contributed by atoms with Gasteiger partial charge in [-0.1, -0.05) is 24.3 Å². The summed E-state index contributed by atoms with van der Waals surface area (Å²) in [4.78, 5) is 4.05. The summed E-state index contributed by atoms with van der Waals surface area (Å²) in [5.74, 6) is -1.02. The summed E-state index contributed by atoms with van der Waals surface area (Å²) in [5, 5.41) is 1.94. The minimum Gasteiger partial charge on any atom is -0.264 e. The van der Waals surface area contributed by atoms with Crippen molar-refractivity contribution in [2.45, 2.75) is 6.42 Å². The number of fused-ring (bicyclic) bond motifs is 1. The number of pyridine rings is 1. The zero-order chi connectivity index (χ0) is 13.2. The summed E-state index contributed by atoms with van der Waals surface area (Å²) in [7, 11) is 0. The molecule has 0 spiro atoms. The zero-order valence-corrected chi connectivity index (χ0v) is 10.1. The molecular formula is C16H11F2N. The first-order valence-electron chi connectivity index (χ1n) is 6.00. The van der Waals surface area contributed by atoms with Crippen molar-refractivity contribution in [2.75, 3.05) is 0 Å². The lowest BCUT2D eigenvalue weighted by Gasteiger charge is -2.08. The molecular weight excluding hydrogens is 244 g/mol. The van der Waals surface area contributed by atoms with Crippen LogP contribution in [0.4, 0.5) is 8.78 Å². The van der Waals surface area contributed by atoms with E-state index in [1.54, 1.807) is 12.4 Å². The summed E-state index contributed by atoms with van der Waals surface area (Å²) in [6.07, 6.45) is 3.67. The molecule has 0 aliphatic rings. The molecule has 94 valence electrons. The van der Waals surface area contributed by atoms with E-state index in [9.17, 15) is 8.78 Å². The van der Waals surface area contributed by atoms with Gasteiger partial charge in [-0.05, 0) is 29.1 Å². The maximum atomic E-state index is 13.7. The Kier molecular flexibility index (Phi) is 2.95. The Balaban J connectivity index is 2.11. The lowest BCUT2D eigenvalue weighted by Crippen LogP contribution is -1.97. The number of hydrogen-bond donors (Lipinski definition) is 0. The molecule has 3 heteroatoms. The summed E-state index contributed by atoms with van der Waals surface area (Å²) in [6.45, 7) is 0. The van der Waals surface area contributed by atoms with Crippen molar-refractivity contribution in [3.63, 3.8) is 0 Å². The number of benzene rings is 2. The van der Waals surface area contributed by atoms with Gasteiger partial charge in [0.15, 0.2) is 0 Å². The average Bonchev–Trinajstić information content (AvgIpc) is 2.43. The lowest BCUT2D eigenvalue weighted by atomic mass is 9.99. The van der Waals surface area contributed by atoms with E-state index in [2.05, 4.69) is 4.98 Å². The van der Waals surface area contributed by atoms with Crippen molar-refractivity contribution in [3.05, 3.63) is 77.6 Å². The van der Waals surface area contributed by atoms with Crippen LogP contribution in [0.3, 0.4) is 0 Å². The van der Waals surface area contributed by atoms with Crippen molar-refractivity contribution in [1.29, 1.82) is 0 Å². The molecule has 1 heterocycles. The Hall–Kier alpha value is -2.29. The van der Waals surface area contributed by atoms with E-state index in [-0.39, 0.29) is 12.0 Å². The minimum absolute atomic E-state index is 0.104. The van der Waals surface area contributed by atoms with Crippen molar-refractivity contribution in [1.82, 2.24) is 4.98 Å². The smallest absolute Gasteiger partial charge is 0.129 e. The van der Waals surface area contributed by atoms with Crippen LogP contribution >= 0.6 is 0 Å². The summed E-state index contributed by atoms with van der Waals surface area (Å²) < 4.78 is 27.4. The quantitative estimate of drug-likeness (QED) is 0.671. The SMILES string of the molecule is Fc1cccc(F)c1Cc1cccc2cnccc12. The highest BCUT2D eigenvalue weighted by Crippen LogP contribution is 2.23. The molecule has 1 nitrogen and oxygen atoms in total. The molecule has 0 bridgehead atoms. The van der Waals surface area contributed by atoms with Crippen molar-refractivity contribution < 1.29 is 8.78 Å². The van der Waals surface area contributed by atoms with E-state index in [1.807, 2.05) is 24.3 Å². The van der Waals surface area contributed by atoms with Crippen LogP contribution in [0.15, 0.2) is 54.9 Å². The fraction of sp³-hybridized carbons (Fsp3) is 0.0625. The fourth-order valence-electron chi connectivity index (χ4n) is 2.24. The van der Waals surface area contributed by atoms with Crippen molar-refractivity contribution >= 4 is 10.8 Å². The summed E-state index contributed by atoms with van der Waals surface area (Å²) >= 11 is 0. The first-order valence-corrected chi connectivity index (χ1v) is 6.00. The predicted octanol–water partition coefficient (Wildman–Crippen LogP) is 4.10. The van der Waals surface area contributed by atoms with Crippen LogP contribution in [0.1, 0.15) is 11.1 Å². The predicted molar refractivity (Wildman–Crippen MR) is 70.9 cm³/mol. The van der Waals surface area contributed by atoms with Gasteiger partial charge >= 0.3 is 0 Å². The molecule has 0 unspecified atom stereocenters. The molecule has 0 aliphatic carbocycles. The third-order valence-electron chi connectivity index (χ3n) is 3.20. The van der Waals surface area contributed by atoms with E-state index >= 15 is 0 Å². The van der Waals surface area contributed by atoms with Crippen molar-refractivity contribution in [3.8, 4) is 0 Å². The van der Waals surface area contributed by atoms with E-state index in [1.165, 1.54) is 18.2 Å². The molecule has 0 saturated carbocycles. The first kappa shape index (κ1) is 11.8. The van der Waals surface area contributed by atoms with Crippen LogP contribution in [-0.4, -0.2) is 4.98 Å². The van der Waals surface area contributed by atoms with Crippen molar-refractivity contribution in [2.24, 2.45) is 0 Å². The second kappa shape index (κ2) is 4.76. The fourth-order valence-corrected chi connectivity index (χ4v) is 2.24. The summed E-state index contributed by atoms with van der Waals surface area (Å²) in [5.41, 5.74) is 0.996. The highest BCUT2D eigenvalue weighted by Gasteiger charge is 2.10. The van der Waals surface area contributed by atoms with Gasteiger partial charge in [0.2, 0.25) is 0 Å². The molecule has 0 N–H and O–H groups in total. The molecule has 0 radical (unpaired) electrons. The highest BCUT2D eigenvalue weighted by atomic mass is 19.1. The molecule has 0 amide bonds. The minimum atomic E-state index is -0.508. The van der Waals surface area contributed by atoms with Gasteiger partial charge < -0.3 is 0 Å². The van der Waals surface area contributed by atoms with Crippen LogP contribution in [0.25, 0.3) is 10.8 Å². The average molecular weight is 255 g/mol. The molecule has 19 heavy (non-hydrogen) atoms. The summed E-state index contributed by atoms with van der Waals surface area (Å²) in [6, 6.07) is 11.5. The van der Waals surface area contributed by atoms with Crippen LogP contribution in [0, 0.1) is 11.6 Å². The maximum Gasteiger partial charge on any atom is 0.129 e. The molecule has 3 aromatic rings. The molecule has 0 saturated heterocycles. The number of halogens is 2. The van der Waals surface area contributed by atoms with Gasteiger partial charge in [-0.25, -0.2) is 8.78 Å². The topological polar surface area (TPSA) is 12.9 Å². The Morgan fingerprint density at radius 2 is 1.63 bits per heavy atom. The first-order chi connectivity index (χ1) is 9.25. The number of rotatable bonds is 2. The largest absolute Gasteiger partial charge is 0.264 e. The van der Waals surface area contributed by atoms with Gasteiger partial charge in [-0.3, -0.25) is 4.98 Å².